The van der Waals surface area contributed by atoms with E-state index >= 15 is 0 Å². The number of rotatable bonds is 4. The van der Waals surface area contributed by atoms with Crippen LogP contribution in [0.1, 0.15) is 12.5 Å². The van der Waals surface area contributed by atoms with Gasteiger partial charge >= 0.3 is 6.03 Å². The molecule has 1 saturated heterocycles. The van der Waals surface area contributed by atoms with Gasteiger partial charge in [-0.3, -0.25) is 14.5 Å². The van der Waals surface area contributed by atoms with E-state index in [9.17, 15) is 27.6 Å². The molecule has 0 aromatic heterocycles. The molecule has 1 aliphatic rings. The van der Waals surface area contributed by atoms with Gasteiger partial charge in [0.15, 0.2) is 0 Å². The second-order valence-corrected chi connectivity index (χ2v) is 6.10. The molecule has 2 N–H and O–H groups in total. The molecule has 4 amide bonds. The molecule has 0 spiro atoms. The first kappa shape index (κ1) is 18.4. The van der Waals surface area contributed by atoms with E-state index in [2.05, 4.69) is 10.6 Å². The number of halogens is 3. The van der Waals surface area contributed by atoms with Crippen LogP contribution in [-0.2, 0) is 15.1 Å². The lowest BCUT2D eigenvalue weighted by Crippen LogP contribution is -2.42. The van der Waals surface area contributed by atoms with Crippen LogP contribution in [0.5, 0.6) is 0 Å². The van der Waals surface area contributed by atoms with Crippen LogP contribution in [-0.4, -0.2) is 29.3 Å². The van der Waals surface area contributed by atoms with Crippen LogP contribution in [0, 0.1) is 17.5 Å². The third-order valence-corrected chi connectivity index (χ3v) is 4.19. The lowest BCUT2D eigenvalue weighted by atomic mass is 9.91. The molecular weight excluding hydrogens is 363 g/mol. The van der Waals surface area contributed by atoms with Gasteiger partial charge < -0.3 is 10.6 Å². The van der Waals surface area contributed by atoms with Gasteiger partial charge in [-0.2, -0.15) is 0 Å². The number of amides is 4. The van der Waals surface area contributed by atoms with E-state index in [4.69, 9.17) is 0 Å². The molecule has 0 bridgehead atoms. The minimum absolute atomic E-state index is 0.117. The summed E-state index contributed by atoms with van der Waals surface area (Å²) in [6.45, 7) is 0.491. The summed E-state index contributed by atoms with van der Waals surface area (Å²) in [6, 6.07) is 6.94. The summed E-state index contributed by atoms with van der Waals surface area (Å²) >= 11 is 0. The lowest BCUT2D eigenvalue weighted by Gasteiger charge is -2.22. The van der Waals surface area contributed by atoms with E-state index in [1.807, 2.05) is 0 Å². The summed E-state index contributed by atoms with van der Waals surface area (Å²) in [6.07, 6.45) is 0. The normalized spacial score (nSPS) is 19.2. The second kappa shape index (κ2) is 6.75. The highest BCUT2D eigenvalue weighted by atomic mass is 19.1. The van der Waals surface area contributed by atoms with Crippen LogP contribution in [0.2, 0.25) is 0 Å². The Labute approximate surface area is 152 Å². The van der Waals surface area contributed by atoms with Gasteiger partial charge in [-0.05, 0) is 37.3 Å². The fourth-order valence-electron chi connectivity index (χ4n) is 2.80. The zero-order valence-corrected chi connectivity index (χ0v) is 14.1. The SMILES string of the molecule is C[C@@]1(c2cc(F)ccc2F)NC(=O)N(CC(=O)Nc2ccccc2F)C1=O. The van der Waals surface area contributed by atoms with Gasteiger partial charge in [-0.15, -0.1) is 0 Å². The molecule has 1 fully saturated rings. The van der Waals surface area contributed by atoms with Gasteiger partial charge in [0.05, 0.1) is 5.69 Å². The number of benzene rings is 2. The van der Waals surface area contributed by atoms with Gasteiger partial charge in [0.25, 0.3) is 5.91 Å². The van der Waals surface area contributed by atoms with E-state index in [1.54, 1.807) is 0 Å². The number of imide groups is 1. The van der Waals surface area contributed by atoms with Crippen molar-refractivity contribution in [3.05, 3.63) is 65.5 Å². The minimum atomic E-state index is -1.87. The van der Waals surface area contributed by atoms with Gasteiger partial charge in [-0.1, -0.05) is 12.1 Å². The Kier molecular flexibility index (Phi) is 4.61. The number of carbonyl (C=O) groups is 3. The number of carbonyl (C=O) groups excluding carboxylic acids is 3. The van der Waals surface area contributed by atoms with Crippen molar-refractivity contribution in [1.82, 2.24) is 10.2 Å². The summed E-state index contributed by atoms with van der Waals surface area (Å²) in [5.74, 6) is -4.11. The maximum atomic E-state index is 14.1. The molecule has 0 unspecified atom stereocenters. The summed E-state index contributed by atoms with van der Waals surface area (Å²) in [5.41, 5.74) is -2.35. The average molecular weight is 377 g/mol. The van der Waals surface area contributed by atoms with Crippen LogP contribution < -0.4 is 10.6 Å². The number of anilines is 1. The van der Waals surface area contributed by atoms with Crippen molar-refractivity contribution in [2.24, 2.45) is 0 Å². The largest absolute Gasteiger partial charge is 0.325 e. The molecule has 1 aliphatic heterocycles. The monoisotopic (exact) mass is 377 g/mol. The number of urea groups is 1. The zero-order chi connectivity index (χ0) is 19.8. The van der Waals surface area contributed by atoms with Gasteiger partial charge in [0, 0.05) is 5.56 Å². The molecule has 2 aromatic rings. The number of hydrogen-bond acceptors (Lipinski definition) is 3. The Bertz CT molecular complexity index is 950. The minimum Gasteiger partial charge on any atom is -0.322 e. The van der Waals surface area contributed by atoms with Crippen LogP contribution >= 0.6 is 0 Å². The van der Waals surface area contributed by atoms with Crippen molar-refractivity contribution in [2.45, 2.75) is 12.5 Å². The third kappa shape index (κ3) is 3.35. The Morgan fingerprint density at radius 2 is 1.81 bits per heavy atom. The van der Waals surface area contributed by atoms with Gasteiger partial charge in [0.2, 0.25) is 5.91 Å². The predicted octanol–water partition coefficient (Wildman–Crippen LogP) is 2.51. The lowest BCUT2D eigenvalue weighted by molar-refractivity contribution is -0.133. The van der Waals surface area contributed by atoms with Crippen molar-refractivity contribution in [2.75, 3.05) is 11.9 Å². The first-order chi connectivity index (χ1) is 12.7. The van der Waals surface area contributed by atoms with E-state index in [0.717, 1.165) is 24.3 Å². The van der Waals surface area contributed by atoms with Crippen LogP contribution in [0.25, 0.3) is 0 Å². The molecule has 1 atom stereocenters. The Morgan fingerprint density at radius 3 is 2.52 bits per heavy atom. The van der Waals surface area contributed by atoms with Gasteiger partial charge in [0.1, 0.15) is 29.5 Å². The highest BCUT2D eigenvalue weighted by Gasteiger charge is 2.50. The number of nitrogens with one attached hydrogen (secondary N) is 2. The highest BCUT2D eigenvalue weighted by molar-refractivity contribution is 6.10. The summed E-state index contributed by atoms with van der Waals surface area (Å²) in [7, 11) is 0. The number of para-hydroxylation sites is 1. The van der Waals surface area contributed by atoms with Crippen LogP contribution in [0.4, 0.5) is 23.7 Å². The zero-order valence-electron chi connectivity index (χ0n) is 14.1. The maximum Gasteiger partial charge on any atom is 0.325 e. The van der Waals surface area contributed by atoms with Crippen molar-refractivity contribution in [3.8, 4) is 0 Å². The summed E-state index contributed by atoms with van der Waals surface area (Å²) < 4.78 is 41.1. The van der Waals surface area contributed by atoms with E-state index in [1.165, 1.54) is 25.1 Å². The van der Waals surface area contributed by atoms with E-state index in [-0.39, 0.29) is 11.3 Å². The topological polar surface area (TPSA) is 78.5 Å². The quantitative estimate of drug-likeness (QED) is 0.804. The van der Waals surface area contributed by atoms with Crippen LogP contribution in [0.3, 0.4) is 0 Å². The molecule has 2 aromatic carbocycles. The highest BCUT2D eigenvalue weighted by Crippen LogP contribution is 2.31. The van der Waals surface area contributed by atoms with Crippen molar-refractivity contribution in [3.63, 3.8) is 0 Å². The van der Waals surface area contributed by atoms with Crippen molar-refractivity contribution < 1.29 is 27.6 Å². The molecule has 1 heterocycles. The number of nitrogens with zero attached hydrogens (tertiary/aromatic N) is 1. The third-order valence-electron chi connectivity index (χ3n) is 4.19. The first-order valence-electron chi connectivity index (χ1n) is 7.86. The molecule has 0 aliphatic carbocycles. The molecule has 0 radical (unpaired) electrons. The Balaban J connectivity index is 1.81. The molecule has 0 saturated carbocycles. The second-order valence-electron chi connectivity index (χ2n) is 6.10. The molecule has 140 valence electrons. The molecule has 27 heavy (non-hydrogen) atoms. The fraction of sp³-hybridized carbons (Fsp3) is 0.167. The molecule has 9 heteroatoms. The van der Waals surface area contributed by atoms with Gasteiger partial charge in [-0.25, -0.2) is 18.0 Å². The van der Waals surface area contributed by atoms with Crippen LogP contribution in [0.15, 0.2) is 42.5 Å². The molecule has 3 rings (SSSR count). The first-order valence-corrected chi connectivity index (χ1v) is 7.86. The van der Waals surface area contributed by atoms with E-state index < -0.39 is 47.4 Å². The summed E-state index contributed by atoms with van der Waals surface area (Å²) in [4.78, 5) is 37.5. The van der Waals surface area contributed by atoms with Crippen molar-refractivity contribution in [1.29, 1.82) is 0 Å². The maximum absolute atomic E-state index is 14.1. The average Bonchev–Trinajstić information content (AvgIpc) is 2.83. The number of hydrogen-bond donors (Lipinski definition) is 2. The Hall–Kier alpha value is -3.36. The fourth-order valence-corrected chi connectivity index (χ4v) is 2.80. The smallest absolute Gasteiger partial charge is 0.322 e. The molecule has 6 nitrogen and oxygen atoms in total. The van der Waals surface area contributed by atoms with E-state index in [0.29, 0.717) is 4.90 Å². The molecular formula is C18H14F3N3O3. The van der Waals surface area contributed by atoms with Crippen molar-refractivity contribution >= 4 is 23.5 Å². The summed E-state index contributed by atoms with van der Waals surface area (Å²) in [5, 5.41) is 4.52. The Morgan fingerprint density at radius 1 is 1.11 bits per heavy atom. The standard InChI is InChI=1S/C18H14F3N3O3/c1-18(11-8-10(19)6-7-12(11)20)16(26)24(17(27)23-18)9-15(25)22-14-5-3-2-4-13(14)21/h2-8H,9H2,1H3,(H,22,25)(H,23,27)/t18-/m0/s1. The predicted molar refractivity (Wildman–Crippen MR) is 89.0 cm³/mol.